The fraction of sp³-hybridized carbons (Fsp3) is 0.574. The van der Waals surface area contributed by atoms with Gasteiger partial charge >= 0.3 is 17.9 Å². The fourth-order valence-corrected chi connectivity index (χ4v) is 7.37. The molecule has 1 atom stereocenters. The minimum absolute atomic E-state index is 0.114. The Labute approximate surface area is 454 Å². The van der Waals surface area contributed by atoms with E-state index in [1.165, 1.54) is 19.3 Å². The molecule has 6 heteroatoms. The molecule has 0 aromatic carbocycles. The molecule has 0 heterocycles. The first-order chi connectivity index (χ1) is 36.5. The molecule has 0 fully saturated rings. The molecule has 74 heavy (non-hydrogen) atoms. The van der Waals surface area contributed by atoms with Gasteiger partial charge in [0, 0.05) is 19.3 Å². The maximum absolute atomic E-state index is 12.8. The van der Waals surface area contributed by atoms with Crippen molar-refractivity contribution in [1.29, 1.82) is 0 Å². The number of rotatable bonds is 51. The second-order valence-electron chi connectivity index (χ2n) is 18.8. The summed E-state index contributed by atoms with van der Waals surface area (Å²) in [6.45, 7) is 6.29. The quantitative estimate of drug-likeness (QED) is 0.0261. The van der Waals surface area contributed by atoms with Crippen LogP contribution < -0.4 is 0 Å². The number of hydrogen-bond acceptors (Lipinski definition) is 6. The average molecular weight is 1020 g/mol. The van der Waals surface area contributed by atoms with Gasteiger partial charge in [0.2, 0.25) is 0 Å². The van der Waals surface area contributed by atoms with Crippen LogP contribution in [0.2, 0.25) is 0 Å². The molecule has 0 aromatic heterocycles. The van der Waals surface area contributed by atoms with Crippen LogP contribution in [0.15, 0.2) is 158 Å². The first kappa shape index (κ1) is 69.0. The SMILES string of the molecule is CC/C=C\C/C=C\C/C=C\C/C=C\C/C=C\C/C=C\C/C=C\C/C=C\CCCCCCC(=O)OCC(COC(=O)CCCCC/C=C\C/C=C\C/C=C\CC)OC(=O)CCCCCCC/C=C\C/C=C\CCCC. The maximum atomic E-state index is 12.8. The lowest BCUT2D eigenvalue weighted by Gasteiger charge is -2.18. The second-order valence-corrected chi connectivity index (χ2v) is 18.8. The van der Waals surface area contributed by atoms with Gasteiger partial charge in [-0.25, -0.2) is 0 Å². The topological polar surface area (TPSA) is 78.9 Å². The second kappa shape index (κ2) is 60.6. The lowest BCUT2D eigenvalue weighted by atomic mass is 10.1. The van der Waals surface area contributed by atoms with Crippen LogP contribution in [-0.2, 0) is 28.6 Å². The van der Waals surface area contributed by atoms with Crippen LogP contribution in [0.1, 0.15) is 233 Å². The average Bonchev–Trinajstić information content (AvgIpc) is 3.40. The fourth-order valence-electron chi connectivity index (χ4n) is 7.37. The molecule has 6 nitrogen and oxygen atoms in total. The van der Waals surface area contributed by atoms with Gasteiger partial charge in [0.15, 0.2) is 6.10 Å². The normalized spacial score (nSPS) is 13.3. The lowest BCUT2D eigenvalue weighted by Crippen LogP contribution is -2.30. The monoisotopic (exact) mass is 1020 g/mol. The molecule has 0 aromatic rings. The van der Waals surface area contributed by atoms with Gasteiger partial charge in [-0.3, -0.25) is 14.4 Å². The van der Waals surface area contributed by atoms with E-state index in [1.54, 1.807) is 0 Å². The van der Waals surface area contributed by atoms with E-state index in [1.807, 2.05) is 0 Å². The zero-order chi connectivity index (χ0) is 53.6. The maximum Gasteiger partial charge on any atom is 0.306 e. The molecular formula is C68H106O6. The summed E-state index contributed by atoms with van der Waals surface area (Å²) in [4.78, 5) is 38.1. The van der Waals surface area contributed by atoms with Crippen LogP contribution in [0.4, 0.5) is 0 Å². The lowest BCUT2D eigenvalue weighted by molar-refractivity contribution is -0.167. The van der Waals surface area contributed by atoms with Crippen molar-refractivity contribution >= 4 is 17.9 Å². The Balaban J connectivity index is 4.41. The van der Waals surface area contributed by atoms with Gasteiger partial charge in [0.05, 0.1) is 0 Å². The van der Waals surface area contributed by atoms with Gasteiger partial charge in [-0.2, -0.15) is 0 Å². The van der Waals surface area contributed by atoms with E-state index in [0.29, 0.717) is 19.3 Å². The third-order valence-electron chi connectivity index (χ3n) is 11.7. The van der Waals surface area contributed by atoms with Crippen molar-refractivity contribution in [3.8, 4) is 0 Å². The number of hydrogen-bond donors (Lipinski definition) is 0. The molecule has 0 aliphatic rings. The van der Waals surface area contributed by atoms with Gasteiger partial charge in [-0.15, -0.1) is 0 Å². The molecule has 0 saturated heterocycles. The highest BCUT2D eigenvalue weighted by Crippen LogP contribution is 2.13. The van der Waals surface area contributed by atoms with E-state index < -0.39 is 6.10 Å². The summed E-state index contributed by atoms with van der Waals surface area (Å²) < 4.78 is 16.8. The van der Waals surface area contributed by atoms with Crippen molar-refractivity contribution in [3.63, 3.8) is 0 Å². The molecular weight excluding hydrogens is 913 g/mol. The molecule has 0 saturated carbocycles. The van der Waals surface area contributed by atoms with E-state index in [-0.39, 0.29) is 31.1 Å². The highest BCUT2D eigenvalue weighted by atomic mass is 16.6. The zero-order valence-corrected chi connectivity index (χ0v) is 47.3. The summed E-state index contributed by atoms with van der Waals surface area (Å²) in [5, 5.41) is 0. The minimum atomic E-state index is -0.816. The van der Waals surface area contributed by atoms with Gasteiger partial charge in [0.25, 0.3) is 0 Å². The van der Waals surface area contributed by atoms with Crippen molar-refractivity contribution < 1.29 is 28.6 Å². The summed E-state index contributed by atoms with van der Waals surface area (Å²) in [6, 6.07) is 0. The van der Waals surface area contributed by atoms with Crippen LogP contribution >= 0.6 is 0 Å². The van der Waals surface area contributed by atoms with E-state index in [9.17, 15) is 14.4 Å². The summed E-state index contributed by atoms with van der Waals surface area (Å²) in [6.07, 6.45) is 88.1. The van der Waals surface area contributed by atoms with Crippen LogP contribution in [-0.4, -0.2) is 37.2 Å². The van der Waals surface area contributed by atoms with E-state index in [4.69, 9.17) is 14.2 Å². The van der Waals surface area contributed by atoms with Crippen molar-refractivity contribution in [1.82, 2.24) is 0 Å². The van der Waals surface area contributed by atoms with Gasteiger partial charge < -0.3 is 14.2 Å². The standard InChI is InChI=1S/C68H106O6/c1-4-7-10-13-16-19-22-25-27-28-29-30-31-32-33-34-35-36-37-38-39-40-41-44-46-49-52-55-58-61-67(70)73-64-65(63-72-66(69)60-57-54-51-48-45-42-24-21-18-15-12-9-6-3)74-68(71)62-59-56-53-50-47-43-26-23-20-17-14-11-8-5-2/h7,9-10,12,14,16-19,21,23,25-27,29-30,32-33,35-36,38-39,41-42,44-45,65H,4-6,8,11,13,15,20,22,24,28,31,34,37,40,43,46-64H2,1-3H3/b10-7-,12-9-,17-14-,19-16-,21-18-,26-23-,27-25-,30-29-,33-32-,36-35-,39-38-,44-41-,45-42-. The number of carbonyl (C=O) groups is 3. The van der Waals surface area contributed by atoms with E-state index >= 15 is 0 Å². The molecule has 0 aliphatic heterocycles. The van der Waals surface area contributed by atoms with Crippen molar-refractivity contribution in [2.24, 2.45) is 0 Å². The third kappa shape index (κ3) is 57.9. The van der Waals surface area contributed by atoms with Crippen molar-refractivity contribution in [2.45, 2.75) is 239 Å². The predicted octanol–water partition coefficient (Wildman–Crippen LogP) is 20.1. The summed E-state index contributed by atoms with van der Waals surface area (Å²) in [5.41, 5.74) is 0. The van der Waals surface area contributed by atoms with E-state index in [2.05, 4.69) is 179 Å². The van der Waals surface area contributed by atoms with Gasteiger partial charge in [-0.05, 0) is 141 Å². The van der Waals surface area contributed by atoms with Crippen molar-refractivity contribution in [2.75, 3.05) is 13.2 Å². The molecule has 0 N–H and O–H groups in total. The van der Waals surface area contributed by atoms with Crippen LogP contribution in [0.3, 0.4) is 0 Å². The Morgan fingerprint density at radius 3 is 0.838 bits per heavy atom. The molecule has 0 aliphatic carbocycles. The highest BCUT2D eigenvalue weighted by Gasteiger charge is 2.19. The Bertz CT molecular complexity index is 1690. The molecule has 414 valence electrons. The summed E-state index contributed by atoms with van der Waals surface area (Å²) in [5.74, 6) is -0.989. The third-order valence-corrected chi connectivity index (χ3v) is 11.7. The van der Waals surface area contributed by atoms with Crippen LogP contribution in [0.5, 0.6) is 0 Å². The largest absolute Gasteiger partial charge is 0.462 e. The summed E-state index contributed by atoms with van der Waals surface area (Å²) in [7, 11) is 0. The molecule has 1 unspecified atom stereocenters. The molecule has 0 spiro atoms. The van der Waals surface area contributed by atoms with Gasteiger partial charge in [0.1, 0.15) is 13.2 Å². The zero-order valence-electron chi connectivity index (χ0n) is 47.3. The minimum Gasteiger partial charge on any atom is -0.462 e. The van der Waals surface area contributed by atoms with Crippen molar-refractivity contribution in [3.05, 3.63) is 158 Å². The number of esters is 3. The number of ether oxygens (including phenoxy) is 3. The van der Waals surface area contributed by atoms with E-state index in [0.717, 1.165) is 173 Å². The number of allylic oxidation sites excluding steroid dienone is 26. The first-order valence-electron chi connectivity index (χ1n) is 29.5. The first-order valence-corrected chi connectivity index (χ1v) is 29.5. The Hall–Kier alpha value is -4.97. The highest BCUT2D eigenvalue weighted by molar-refractivity contribution is 5.71. The Morgan fingerprint density at radius 2 is 0.527 bits per heavy atom. The number of unbranched alkanes of at least 4 members (excludes halogenated alkanes) is 14. The van der Waals surface area contributed by atoms with Crippen LogP contribution in [0, 0.1) is 0 Å². The molecule has 0 amide bonds. The predicted molar refractivity (Wildman–Crippen MR) is 320 cm³/mol. The summed E-state index contributed by atoms with van der Waals surface area (Å²) >= 11 is 0. The molecule has 0 radical (unpaired) electrons. The van der Waals surface area contributed by atoms with Gasteiger partial charge in [-0.1, -0.05) is 230 Å². The number of carbonyl (C=O) groups excluding carboxylic acids is 3. The Morgan fingerprint density at radius 1 is 0.284 bits per heavy atom. The molecule has 0 rings (SSSR count). The smallest absolute Gasteiger partial charge is 0.306 e. The Kier molecular flexibility index (Phi) is 56.5. The molecule has 0 bridgehead atoms. The van der Waals surface area contributed by atoms with Crippen LogP contribution in [0.25, 0.3) is 0 Å².